The molecule has 2 aliphatic heterocycles. The monoisotopic (exact) mass is 1350 g/mol. The zero-order valence-corrected chi connectivity index (χ0v) is 51.9. The number of anilines is 4. The molecule has 1 fully saturated rings. The molecule has 2 aliphatic rings. The molecule has 2 atom stereocenters. The second-order valence-electron chi connectivity index (χ2n) is 19.7. The van der Waals surface area contributed by atoms with Crippen LogP contribution in [0.1, 0.15) is 93.2 Å². The van der Waals surface area contributed by atoms with Crippen LogP contribution >= 0.6 is 66.4 Å². The minimum absolute atomic E-state index is 0. The quantitative estimate of drug-likeness (QED) is 0.0612. The van der Waals surface area contributed by atoms with E-state index in [0.717, 1.165) is 89.5 Å². The van der Waals surface area contributed by atoms with Crippen LogP contribution in [0.15, 0.2) is 178 Å². The molecule has 0 saturated carbocycles. The Morgan fingerprint density at radius 2 is 1.43 bits per heavy atom. The van der Waals surface area contributed by atoms with E-state index in [0.29, 0.717) is 28.2 Å². The number of aromatic nitrogens is 6. The standard InChI is InChI=1S/C17H17ClN4O2.C14H11ClN4.C10H8BrNO.C9H5BrO2S.C8H11N.C4H9NO.2CH4/c1-17(2,3)24-16(23)22-9-7-11-10-12(4-5-13(11)22)20-14-6-8-19-15(18)21-14;15-14-17-8-6-13(19-14)18-12-3-1-10(2-4-12)11-5-7-16-9-11;1-6(13)9-4-7-2-3-8(11)5-10(7)12-9;10-6-2-1-5-3-8(9(11)12)13-7(5)4-6;1-7(9)8-5-3-2-4-6-8;5-4-1-2-6-3-4;;/h4-10H,1-3H3,(H,19,20,21);1-6,8-9H,7H2,(H,17,18,19);2-5,12H,1H3;1-4H,(H,11,12);2-7H,9H2,1H3;4H,1-3,5H2;2*1H4/t;;;;7-;;;/m....1.../s1. The number of thiophene rings is 1. The van der Waals surface area contributed by atoms with Gasteiger partial charge in [0.1, 0.15) is 22.1 Å². The van der Waals surface area contributed by atoms with E-state index in [1.165, 1.54) is 21.5 Å². The molecule has 0 spiro atoms. The van der Waals surface area contributed by atoms with E-state index in [4.69, 9.17) is 49.2 Å². The molecule has 22 heteroatoms. The molecule has 7 heterocycles. The lowest BCUT2D eigenvalue weighted by atomic mass is 10.1. The first-order valence-corrected chi connectivity index (χ1v) is 29.3. The van der Waals surface area contributed by atoms with Crippen LogP contribution in [0.3, 0.4) is 0 Å². The van der Waals surface area contributed by atoms with Gasteiger partial charge >= 0.3 is 12.1 Å². The van der Waals surface area contributed by atoms with E-state index in [9.17, 15) is 14.4 Å². The predicted molar refractivity (Wildman–Crippen MR) is 360 cm³/mol. The van der Waals surface area contributed by atoms with Crippen molar-refractivity contribution in [3.8, 4) is 0 Å². The molecular formula is C64H69Br2Cl2N11O6S. The summed E-state index contributed by atoms with van der Waals surface area (Å²) in [6.07, 6.45) is 9.53. The molecule has 5 aromatic heterocycles. The molecule has 0 radical (unpaired) electrons. The number of nitrogens with zero attached hydrogens (tertiary/aromatic N) is 6. The number of hydrogen-bond acceptors (Lipinski definition) is 15. The first kappa shape index (κ1) is 69.1. The predicted octanol–water partition coefficient (Wildman–Crippen LogP) is 17.2. The maximum absolute atomic E-state index is 12.2. The van der Waals surface area contributed by atoms with E-state index in [1.54, 1.807) is 43.7 Å². The Labute approximate surface area is 531 Å². The van der Waals surface area contributed by atoms with Crippen molar-refractivity contribution in [3.05, 3.63) is 205 Å². The molecule has 8 N–H and O–H groups in total. The van der Waals surface area contributed by atoms with Crippen molar-refractivity contribution in [3.63, 3.8) is 0 Å². The van der Waals surface area contributed by atoms with Crippen molar-refractivity contribution in [2.45, 2.75) is 73.6 Å². The van der Waals surface area contributed by atoms with Gasteiger partial charge in [0, 0.05) is 91.7 Å². The highest BCUT2D eigenvalue weighted by Gasteiger charge is 2.19. The number of H-pyrrole nitrogens is 1. The summed E-state index contributed by atoms with van der Waals surface area (Å²) in [6, 6.07) is 44.8. The van der Waals surface area contributed by atoms with Gasteiger partial charge in [-0.2, -0.15) is 0 Å². The Hall–Kier alpha value is -7.66. The number of rotatable bonds is 8. The smallest absolute Gasteiger partial charge is 0.418 e. The lowest BCUT2D eigenvalue weighted by molar-refractivity contribution is 0.0543. The number of carboxylic acids is 1. The molecule has 1 saturated heterocycles. The lowest BCUT2D eigenvalue weighted by Crippen LogP contribution is -2.26. The Balaban J connectivity index is 0.000000196. The average molecular weight is 1350 g/mol. The van der Waals surface area contributed by atoms with Crippen LogP contribution in [0, 0.1) is 0 Å². The van der Waals surface area contributed by atoms with E-state index in [1.807, 2.05) is 155 Å². The lowest BCUT2D eigenvalue weighted by Gasteiger charge is -2.19. The number of allylic oxidation sites excluding steroid dienone is 1. The van der Waals surface area contributed by atoms with Crippen molar-refractivity contribution < 1.29 is 29.0 Å². The molecule has 0 bridgehead atoms. The van der Waals surface area contributed by atoms with E-state index >= 15 is 0 Å². The maximum Gasteiger partial charge on any atom is 0.418 e. The van der Waals surface area contributed by atoms with Gasteiger partial charge in [-0.1, -0.05) is 107 Å². The highest BCUT2D eigenvalue weighted by molar-refractivity contribution is 9.10. The number of carboxylic acid groups (broad SMARTS) is 1. The van der Waals surface area contributed by atoms with Crippen molar-refractivity contribution in [1.82, 2.24) is 29.5 Å². The fourth-order valence-corrected chi connectivity index (χ4v) is 9.91. The summed E-state index contributed by atoms with van der Waals surface area (Å²) >= 11 is 19.5. The van der Waals surface area contributed by atoms with Crippen LogP contribution in [0.5, 0.6) is 0 Å². The molecule has 12 rings (SSSR count). The van der Waals surface area contributed by atoms with Gasteiger partial charge in [0.2, 0.25) is 10.6 Å². The van der Waals surface area contributed by atoms with E-state index in [-0.39, 0.29) is 37.2 Å². The second kappa shape index (κ2) is 33.3. The van der Waals surface area contributed by atoms with Crippen molar-refractivity contribution in [2.24, 2.45) is 16.5 Å². The summed E-state index contributed by atoms with van der Waals surface area (Å²) in [5, 5.41) is 18.4. The zero-order valence-electron chi connectivity index (χ0n) is 46.4. The molecule has 10 aromatic rings. The number of nitrogens with one attached hydrogen (secondary N) is 3. The fourth-order valence-electron chi connectivity index (χ4n) is 7.80. The van der Waals surface area contributed by atoms with Gasteiger partial charge in [-0.3, -0.25) is 14.4 Å². The number of carbonyl (C=O) groups excluding carboxylic acids is 2. The van der Waals surface area contributed by atoms with Crippen molar-refractivity contribution >= 4 is 151 Å². The van der Waals surface area contributed by atoms with Crippen molar-refractivity contribution in [1.29, 1.82) is 0 Å². The summed E-state index contributed by atoms with van der Waals surface area (Å²) in [7, 11) is 0. The second-order valence-corrected chi connectivity index (χ2v) is 23.3. The largest absolute Gasteiger partial charge is 0.477 e. The van der Waals surface area contributed by atoms with Crippen molar-refractivity contribution in [2.75, 3.05) is 30.4 Å². The Morgan fingerprint density at radius 3 is 1.97 bits per heavy atom. The topological polar surface area (TPSA) is 251 Å². The summed E-state index contributed by atoms with van der Waals surface area (Å²) in [5.41, 5.74) is 18.2. The van der Waals surface area contributed by atoms with Gasteiger partial charge in [-0.05, 0) is 164 Å². The van der Waals surface area contributed by atoms with Gasteiger partial charge in [-0.15, -0.1) is 11.3 Å². The molecule has 5 aromatic carbocycles. The van der Waals surface area contributed by atoms with Crippen LogP contribution in [-0.2, 0) is 9.47 Å². The van der Waals surface area contributed by atoms with Gasteiger partial charge in [0.25, 0.3) is 0 Å². The summed E-state index contributed by atoms with van der Waals surface area (Å²) in [5.74, 6) is 0.472. The Bertz CT molecular complexity index is 3810. The third-order valence-corrected chi connectivity index (χ3v) is 14.3. The highest BCUT2D eigenvalue weighted by atomic mass is 79.9. The number of halogens is 4. The van der Waals surface area contributed by atoms with Crippen LogP contribution < -0.4 is 22.1 Å². The summed E-state index contributed by atoms with van der Waals surface area (Å²) in [4.78, 5) is 57.4. The number of Topliss-reactive ketones (excluding diaryl/α,β-unsaturated/α-hetero) is 1. The summed E-state index contributed by atoms with van der Waals surface area (Å²) in [6.45, 7) is 11.5. The number of ketones is 1. The maximum atomic E-state index is 12.2. The minimum Gasteiger partial charge on any atom is -0.477 e. The number of aliphatic imine (C=N–C) groups is 1. The van der Waals surface area contributed by atoms with Gasteiger partial charge in [-0.25, -0.2) is 29.5 Å². The molecule has 1 unspecified atom stereocenters. The first-order chi connectivity index (χ1) is 40.2. The molecular weight excluding hydrogens is 1280 g/mol. The van der Waals surface area contributed by atoms with Crippen LogP contribution in [0.4, 0.5) is 27.8 Å². The molecule has 0 aliphatic carbocycles. The third-order valence-electron chi connectivity index (χ3n) is 11.9. The van der Waals surface area contributed by atoms with Crippen LogP contribution in [0.2, 0.25) is 10.6 Å². The number of fused-ring (bicyclic) bond motifs is 3. The van der Waals surface area contributed by atoms with E-state index < -0.39 is 17.7 Å². The molecule has 450 valence electrons. The van der Waals surface area contributed by atoms with Gasteiger partial charge in [0.15, 0.2) is 5.78 Å². The number of hydrogen-bond donors (Lipinski definition) is 6. The normalized spacial score (nSPS) is 13.2. The fraction of sp³-hybridized carbons (Fsp3) is 0.219. The average Bonchev–Trinajstić information content (AvgIpc) is 4.53. The first-order valence-electron chi connectivity index (χ1n) is 26.2. The molecule has 0 amide bonds. The Kier molecular flexibility index (Phi) is 26.8. The summed E-state index contributed by atoms with van der Waals surface area (Å²) < 4.78 is 14.8. The van der Waals surface area contributed by atoms with Crippen LogP contribution in [0.25, 0.3) is 37.5 Å². The number of aromatic amines is 1. The number of nitrogens with two attached hydrogens (primary N) is 2. The van der Waals surface area contributed by atoms with E-state index in [2.05, 4.69) is 78.5 Å². The van der Waals surface area contributed by atoms with Gasteiger partial charge in [0.05, 0.1) is 24.4 Å². The third kappa shape index (κ3) is 21.7. The number of aromatic carboxylic acids is 1. The number of carbonyl (C=O) groups is 3. The number of ether oxygens (including phenoxy) is 2. The SMILES string of the molecule is C.C.CC(=O)c1cc2ccc(Br)cc2[nH]1.CC(C)(C)OC(=O)n1ccc2cc(Nc3ccnc(Cl)n3)ccc21.C[C@@H](N)c1ccccc1.Clc1nccc(Nc2ccc(C3=CCN=C3)cc2)n1.NC1CCOC1.O=C(O)c1cc2ccc(Br)cc2s1. The Morgan fingerprint density at radius 1 is 0.802 bits per heavy atom. The molecule has 86 heavy (non-hydrogen) atoms. The molecule has 17 nitrogen and oxygen atoms in total. The van der Waals surface area contributed by atoms with Crippen LogP contribution in [-0.4, -0.2) is 90.1 Å². The minimum atomic E-state index is -0.864. The zero-order chi connectivity index (χ0) is 60.3. The number of benzene rings is 5. The van der Waals surface area contributed by atoms with Gasteiger partial charge < -0.3 is 41.7 Å². The highest BCUT2D eigenvalue weighted by Crippen LogP contribution is 2.29.